The van der Waals surface area contributed by atoms with E-state index in [1.54, 1.807) is 0 Å². The fraction of sp³-hybridized carbons (Fsp3) is 0.138. The first-order valence-corrected chi connectivity index (χ1v) is 11.5. The van der Waals surface area contributed by atoms with Gasteiger partial charge in [-0.3, -0.25) is 4.79 Å². The van der Waals surface area contributed by atoms with Gasteiger partial charge >= 0.3 is 0 Å². The van der Waals surface area contributed by atoms with Crippen molar-refractivity contribution in [3.63, 3.8) is 0 Å². The molecule has 6 nitrogen and oxygen atoms in total. The van der Waals surface area contributed by atoms with E-state index in [4.69, 9.17) is 14.8 Å². The van der Waals surface area contributed by atoms with Crippen molar-refractivity contribution in [1.82, 2.24) is 14.8 Å². The van der Waals surface area contributed by atoms with Gasteiger partial charge in [-0.25, -0.2) is 4.68 Å². The molecule has 174 valence electrons. The Labute approximate surface area is 204 Å². The second-order valence-corrected chi connectivity index (χ2v) is 8.49. The van der Waals surface area contributed by atoms with Crippen molar-refractivity contribution < 1.29 is 9.53 Å². The number of pyridine rings is 1. The molecule has 35 heavy (non-hydrogen) atoms. The molecule has 1 N–H and O–H groups in total. The first kappa shape index (κ1) is 22.3. The maximum absolute atomic E-state index is 12.7. The molecular weight excluding hydrogens is 436 g/mol. The fourth-order valence-corrected chi connectivity index (χ4v) is 4.15. The maximum Gasteiger partial charge on any atom is 0.262 e. The molecular formula is C29H26N4O2. The average Bonchev–Trinajstić information content (AvgIpc) is 3.22. The Bertz CT molecular complexity index is 1510. The molecule has 0 atom stereocenters. The van der Waals surface area contributed by atoms with E-state index < -0.39 is 0 Å². The standard InChI is InChI=1S/C29H26N4O2/c1-19-11-10-16-25(20(19)2)30-26(34)18-35-27-17-24(22-12-6-4-7-13-22)28-21(3)32-33(29(28)31-27)23-14-8-5-9-15-23/h4-17H,18H2,1-3H3,(H,30,34). The van der Waals surface area contributed by atoms with Crippen molar-refractivity contribution in [3.05, 3.63) is 102 Å². The summed E-state index contributed by atoms with van der Waals surface area (Å²) in [6.07, 6.45) is 0. The third-order valence-corrected chi connectivity index (χ3v) is 6.10. The van der Waals surface area contributed by atoms with Crippen LogP contribution in [0.1, 0.15) is 16.8 Å². The van der Waals surface area contributed by atoms with E-state index in [0.29, 0.717) is 11.5 Å². The van der Waals surface area contributed by atoms with E-state index in [1.807, 2.05) is 110 Å². The van der Waals surface area contributed by atoms with Crippen molar-refractivity contribution >= 4 is 22.6 Å². The Morgan fingerprint density at radius 3 is 2.37 bits per heavy atom. The zero-order valence-corrected chi connectivity index (χ0v) is 19.9. The van der Waals surface area contributed by atoms with E-state index in [-0.39, 0.29) is 12.5 Å². The first-order chi connectivity index (χ1) is 17.0. The largest absolute Gasteiger partial charge is 0.467 e. The predicted octanol–water partition coefficient (Wildman–Crippen LogP) is 6.03. The van der Waals surface area contributed by atoms with Crippen LogP contribution in [0.5, 0.6) is 5.88 Å². The fourth-order valence-electron chi connectivity index (χ4n) is 4.15. The molecule has 0 radical (unpaired) electrons. The number of hydrogen-bond acceptors (Lipinski definition) is 4. The van der Waals surface area contributed by atoms with Crippen LogP contribution in [0.3, 0.4) is 0 Å². The number of para-hydroxylation sites is 1. The molecule has 0 aliphatic heterocycles. The predicted molar refractivity (Wildman–Crippen MR) is 139 cm³/mol. The van der Waals surface area contributed by atoms with Crippen molar-refractivity contribution in [1.29, 1.82) is 0 Å². The molecule has 0 spiro atoms. The number of fused-ring (bicyclic) bond motifs is 1. The van der Waals surface area contributed by atoms with Crippen molar-refractivity contribution in [2.45, 2.75) is 20.8 Å². The summed E-state index contributed by atoms with van der Waals surface area (Å²) in [5.74, 6) is 0.124. The number of anilines is 1. The molecule has 0 bridgehead atoms. The first-order valence-electron chi connectivity index (χ1n) is 11.5. The normalized spacial score (nSPS) is 10.9. The molecule has 3 aromatic carbocycles. The van der Waals surface area contributed by atoms with E-state index >= 15 is 0 Å². The van der Waals surface area contributed by atoms with Gasteiger partial charge in [-0.2, -0.15) is 10.1 Å². The van der Waals surface area contributed by atoms with Crippen LogP contribution in [0.2, 0.25) is 0 Å². The van der Waals surface area contributed by atoms with Gasteiger partial charge in [0.1, 0.15) is 0 Å². The lowest BCUT2D eigenvalue weighted by atomic mass is 10.0. The Morgan fingerprint density at radius 2 is 1.63 bits per heavy atom. The lowest BCUT2D eigenvalue weighted by Crippen LogP contribution is -2.21. The molecule has 0 unspecified atom stereocenters. The monoisotopic (exact) mass is 462 g/mol. The minimum absolute atomic E-state index is 0.154. The van der Waals surface area contributed by atoms with E-state index in [1.165, 1.54) is 0 Å². The van der Waals surface area contributed by atoms with Crippen LogP contribution in [0.4, 0.5) is 5.69 Å². The Morgan fingerprint density at radius 1 is 0.914 bits per heavy atom. The number of carbonyl (C=O) groups is 1. The molecule has 2 heterocycles. The topological polar surface area (TPSA) is 69.0 Å². The second kappa shape index (κ2) is 9.43. The Balaban J connectivity index is 1.52. The van der Waals surface area contributed by atoms with Gasteiger partial charge in [-0.05, 0) is 61.2 Å². The number of nitrogens with zero attached hydrogens (tertiary/aromatic N) is 3. The molecule has 2 aromatic heterocycles. The summed E-state index contributed by atoms with van der Waals surface area (Å²) in [6, 6.07) is 27.7. The molecule has 0 aliphatic rings. The highest BCUT2D eigenvalue weighted by Gasteiger charge is 2.18. The number of hydrogen-bond donors (Lipinski definition) is 1. The van der Waals surface area contributed by atoms with E-state index in [0.717, 1.165) is 44.7 Å². The van der Waals surface area contributed by atoms with E-state index in [2.05, 4.69) is 5.32 Å². The third-order valence-electron chi connectivity index (χ3n) is 6.10. The van der Waals surface area contributed by atoms with E-state index in [9.17, 15) is 4.79 Å². The molecule has 0 aliphatic carbocycles. The molecule has 5 aromatic rings. The van der Waals surface area contributed by atoms with Gasteiger partial charge in [0.25, 0.3) is 5.91 Å². The summed E-state index contributed by atoms with van der Waals surface area (Å²) in [7, 11) is 0. The van der Waals surface area contributed by atoms with Crippen LogP contribution in [0, 0.1) is 20.8 Å². The van der Waals surface area contributed by atoms with Crippen LogP contribution in [0.15, 0.2) is 84.9 Å². The summed E-state index contributed by atoms with van der Waals surface area (Å²) in [5.41, 5.74) is 7.38. The molecule has 1 amide bonds. The summed E-state index contributed by atoms with van der Waals surface area (Å²) >= 11 is 0. The summed E-state index contributed by atoms with van der Waals surface area (Å²) in [5, 5.41) is 8.66. The summed E-state index contributed by atoms with van der Waals surface area (Å²) < 4.78 is 7.74. The van der Waals surface area contributed by atoms with Crippen molar-refractivity contribution in [2.24, 2.45) is 0 Å². The average molecular weight is 463 g/mol. The highest BCUT2D eigenvalue weighted by atomic mass is 16.5. The zero-order chi connectivity index (χ0) is 24.4. The Hall–Kier alpha value is -4.45. The minimum Gasteiger partial charge on any atom is -0.467 e. The quantitative estimate of drug-likeness (QED) is 0.334. The number of aryl methyl sites for hydroxylation is 2. The molecule has 0 fully saturated rings. The number of amides is 1. The number of ether oxygens (including phenoxy) is 1. The van der Waals surface area contributed by atoms with Gasteiger partial charge in [-0.1, -0.05) is 60.7 Å². The number of carbonyl (C=O) groups excluding carboxylic acids is 1. The van der Waals surface area contributed by atoms with Crippen LogP contribution in [-0.4, -0.2) is 27.3 Å². The number of nitrogens with one attached hydrogen (secondary N) is 1. The third kappa shape index (κ3) is 4.51. The number of aromatic nitrogens is 3. The van der Waals surface area contributed by atoms with Crippen LogP contribution < -0.4 is 10.1 Å². The van der Waals surface area contributed by atoms with Crippen LogP contribution in [-0.2, 0) is 4.79 Å². The second-order valence-electron chi connectivity index (χ2n) is 8.49. The Kier molecular flexibility index (Phi) is 6.02. The number of benzene rings is 3. The summed E-state index contributed by atoms with van der Waals surface area (Å²) in [6.45, 7) is 5.83. The highest BCUT2D eigenvalue weighted by Crippen LogP contribution is 2.34. The molecule has 5 rings (SSSR count). The van der Waals surface area contributed by atoms with Crippen LogP contribution in [0.25, 0.3) is 27.8 Å². The molecule has 6 heteroatoms. The molecule has 0 saturated heterocycles. The van der Waals surface area contributed by atoms with Gasteiger partial charge < -0.3 is 10.1 Å². The number of rotatable bonds is 6. The lowest BCUT2D eigenvalue weighted by molar-refractivity contribution is -0.118. The van der Waals surface area contributed by atoms with Gasteiger partial charge in [-0.15, -0.1) is 0 Å². The van der Waals surface area contributed by atoms with Gasteiger partial charge in [0.15, 0.2) is 12.3 Å². The zero-order valence-electron chi connectivity index (χ0n) is 19.9. The highest BCUT2D eigenvalue weighted by molar-refractivity contribution is 5.96. The van der Waals surface area contributed by atoms with Crippen molar-refractivity contribution in [2.75, 3.05) is 11.9 Å². The smallest absolute Gasteiger partial charge is 0.262 e. The SMILES string of the molecule is Cc1cccc(NC(=O)COc2cc(-c3ccccc3)c3c(C)nn(-c4ccccc4)c3n2)c1C. The molecule has 0 saturated carbocycles. The minimum atomic E-state index is -0.241. The van der Waals surface area contributed by atoms with Gasteiger partial charge in [0.2, 0.25) is 5.88 Å². The van der Waals surface area contributed by atoms with Crippen LogP contribution >= 0.6 is 0 Å². The van der Waals surface area contributed by atoms with Crippen molar-refractivity contribution in [3.8, 4) is 22.7 Å². The van der Waals surface area contributed by atoms with Gasteiger partial charge in [0, 0.05) is 11.8 Å². The summed E-state index contributed by atoms with van der Waals surface area (Å²) in [4.78, 5) is 17.4. The van der Waals surface area contributed by atoms with Gasteiger partial charge in [0.05, 0.1) is 16.8 Å². The lowest BCUT2D eigenvalue weighted by Gasteiger charge is -2.12. The maximum atomic E-state index is 12.7.